The Labute approximate surface area is 143 Å². The molecule has 0 amide bonds. The predicted octanol–water partition coefficient (Wildman–Crippen LogP) is 4.67. The number of fused-ring (bicyclic) bond motifs is 1. The van der Waals surface area contributed by atoms with Crippen LogP contribution in [0.3, 0.4) is 0 Å². The van der Waals surface area contributed by atoms with Gasteiger partial charge in [0.2, 0.25) is 0 Å². The molecule has 0 unspecified atom stereocenters. The lowest BCUT2D eigenvalue weighted by molar-refractivity contribution is -0.384. The Kier molecular flexibility index (Phi) is 4.48. The van der Waals surface area contributed by atoms with Crippen LogP contribution in [0.15, 0.2) is 53.6 Å². The van der Waals surface area contributed by atoms with Gasteiger partial charge in [-0.25, -0.2) is 0 Å². The van der Waals surface area contributed by atoms with Crippen LogP contribution in [0.25, 0.3) is 10.9 Å². The number of hydrazone groups is 1. The molecule has 2 aromatic carbocycles. The molecule has 0 spiro atoms. The van der Waals surface area contributed by atoms with Gasteiger partial charge < -0.3 is 4.57 Å². The van der Waals surface area contributed by atoms with E-state index in [2.05, 4.69) is 10.5 Å². The van der Waals surface area contributed by atoms with Crippen LogP contribution in [0.2, 0.25) is 5.15 Å². The van der Waals surface area contributed by atoms with Crippen molar-refractivity contribution in [2.24, 2.45) is 5.10 Å². The molecule has 1 N–H and O–H groups in total. The Morgan fingerprint density at radius 1 is 1.25 bits per heavy atom. The third kappa shape index (κ3) is 2.96. The molecule has 24 heavy (non-hydrogen) atoms. The number of anilines is 1. The summed E-state index contributed by atoms with van der Waals surface area (Å²) in [5.74, 6) is 0. The average Bonchev–Trinajstić information content (AvgIpc) is 2.87. The van der Waals surface area contributed by atoms with E-state index in [9.17, 15) is 10.1 Å². The monoisotopic (exact) mass is 342 g/mol. The smallest absolute Gasteiger partial charge is 0.269 e. The largest absolute Gasteiger partial charge is 0.331 e. The van der Waals surface area contributed by atoms with E-state index in [1.165, 1.54) is 12.1 Å². The number of nitrogens with one attached hydrogen (secondary N) is 1. The molecule has 0 aliphatic heterocycles. The van der Waals surface area contributed by atoms with Gasteiger partial charge in [-0.05, 0) is 25.1 Å². The van der Waals surface area contributed by atoms with Crippen molar-refractivity contribution in [3.05, 3.63) is 69.4 Å². The van der Waals surface area contributed by atoms with Crippen molar-refractivity contribution in [3.63, 3.8) is 0 Å². The van der Waals surface area contributed by atoms with Crippen LogP contribution in [0.1, 0.15) is 12.5 Å². The fourth-order valence-electron chi connectivity index (χ4n) is 2.56. The highest BCUT2D eigenvalue weighted by Crippen LogP contribution is 2.28. The summed E-state index contributed by atoms with van der Waals surface area (Å²) >= 11 is 6.46. The van der Waals surface area contributed by atoms with Crippen LogP contribution >= 0.6 is 11.6 Å². The molecule has 0 bridgehead atoms. The standard InChI is InChI=1S/C17H15ClN4O2/c1-2-21-16-6-4-3-5-14(16)15(17(21)18)11-19-20-12-7-9-13(10-8-12)22(23)24/h3-11,20H,2H2,1H3. The van der Waals surface area contributed by atoms with Crippen LogP contribution in [0.5, 0.6) is 0 Å². The first-order chi connectivity index (χ1) is 11.6. The molecule has 0 atom stereocenters. The van der Waals surface area contributed by atoms with E-state index in [1.807, 2.05) is 35.8 Å². The Morgan fingerprint density at radius 3 is 2.62 bits per heavy atom. The Balaban J connectivity index is 1.86. The zero-order valence-electron chi connectivity index (χ0n) is 12.9. The summed E-state index contributed by atoms with van der Waals surface area (Å²) in [4.78, 5) is 10.2. The minimum atomic E-state index is -0.438. The van der Waals surface area contributed by atoms with Gasteiger partial charge >= 0.3 is 0 Å². The molecule has 6 nitrogen and oxygen atoms in total. The number of nitrogens with zero attached hydrogens (tertiary/aromatic N) is 3. The lowest BCUT2D eigenvalue weighted by atomic mass is 10.2. The van der Waals surface area contributed by atoms with E-state index in [0.29, 0.717) is 10.8 Å². The van der Waals surface area contributed by atoms with Gasteiger partial charge in [-0.1, -0.05) is 29.8 Å². The number of nitro benzene ring substituents is 1. The topological polar surface area (TPSA) is 72.5 Å². The van der Waals surface area contributed by atoms with Crippen molar-refractivity contribution in [3.8, 4) is 0 Å². The second-order valence-electron chi connectivity index (χ2n) is 5.14. The number of nitro groups is 1. The molecule has 3 aromatic rings. The van der Waals surface area contributed by atoms with E-state index in [1.54, 1.807) is 18.3 Å². The van der Waals surface area contributed by atoms with Gasteiger partial charge in [0, 0.05) is 35.1 Å². The van der Waals surface area contributed by atoms with E-state index in [0.717, 1.165) is 23.0 Å². The fraction of sp³-hybridized carbons (Fsp3) is 0.118. The summed E-state index contributed by atoms with van der Waals surface area (Å²) in [6.07, 6.45) is 1.66. The normalized spacial score (nSPS) is 11.2. The molecular formula is C17H15ClN4O2. The number of hydrogen-bond donors (Lipinski definition) is 1. The number of para-hydroxylation sites is 1. The van der Waals surface area contributed by atoms with Gasteiger partial charge in [-0.2, -0.15) is 5.10 Å². The summed E-state index contributed by atoms with van der Waals surface area (Å²) < 4.78 is 2.02. The average molecular weight is 343 g/mol. The summed E-state index contributed by atoms with van der Waals surface area (Å²) in [7, 11) is 0. The zero-order chi connectivity index (χ0) is 17.1. The summed E-state index contributed by atoms with van der Waals surface area (Å²) in [6.45, 7) is 2.80. The molecular weight excluding hydrogens is 328 g/mol. The SMILES string of the molecule is CCn1c(Cl)c(C=NNc2ccc([N+](=O)[O-])cc2)c2ccccc21. The van der Waals surface area contributed by atoms with E-state index in [-0.39, 0.29) is 5.69 Å². The highest BCUT2D eigenvalue weighted by atomic mass is 35.5. The number of aromatic nitrogens is 1. The van der Waals surface area contributed by atoms with Crippen molar-refractivity contribution in [2.45, 2.75) is 13.5 Å². The molecule has 1 heterocycles. The highest BCUT2D eigenvalue weighted by molar-refractivity contribution is 6.34. The van der Waals surface area contributed by atoms with Gasteiger partial charge in [0.15, 0.2) is 0 Å². The van der Waals surface area contributed by atoms with Crippen molar-refractivity contribution >= 4 is 40.1 Å². The van der Waals surface area contributed by atoms with Crippen molar-refractivity contribution < 1.29 is 4.92 Å². The number of non-ortho nitro benzene ring substituents is 1. The van der Waals surface area contributed by atoms with Crippen LogP contribution in [0.4, 0.5) is 11.4 Å². The number of benzene rings is 2. The van der Waals surface area contributed by atoms with Gasteiger partial charge in [0.25, 0.3) is 5.69 Å². The molecule has 0 saturated heterocycles. The third-order valence-corrected chi connectivity index (χ3v) is 4.13. The van der Waals surface area contributed by atoms with Gasteiger partial charge in [-0.15, -0.1) is 0 Å². The number of aryl methyl sites for hydroxylation is 1. The Morgan fingerprint density at radius 2 is 1.96 bits per heavy atom. The maximum absolute atomic E-state index is 10.6. The van der Waals surface area contributed by atoms with Crippen molar-refractivity contribution in [1.29, 1.82) is 0 Å². The van der Waals surface area contributed by atoms with Crippen molar-refractivity contribution in [2.75, 3.05) is 5.43 Å². The summed E-state index contributed by atoms with van der Waals surface area (Å²) in [5, 5.41) is 16.5. The third-order valence-electron chi connectivity index (χ3n) is 3.73. The second kappa shape index (κ2) is 6.72. The van der Waals surface area contributed by atoms with E-state index >= 15 is 0 Å². The maximum Gasteiger partial charge on any atom is 0.269 e. The second-order valence-corrected chi connectivity index (χ2v) is 5.50. The highest BCUT2D eigenvalue weighted by Gasteiger charge is 2.12. The number of hydrogen-bond acceptors (Lipinski definition) is 4. The fourth-order valence-corrected chi connectivity index (χ4v) is 2.92. The molecule has 7 heteroatoms. The molecule has 1 aromatic heterocycles. The summed E-state index contributed by atoms with van der Waals surface area (Å²) in [6, 6.07) is 14.0. The maximum atomic E-state index is 10.6. The lowest BCUT2D eigenvalue weighted by Gasteiger charge is -2.01. The van der Waals surface area contributed by atoms with Gasteiger partial charge in [-0.3, -0.25) is 15.5 Å². The number of halogens is 1. The Hall–Kier alpha value is -2.86. The zero-order valence-corrected chi connectivity index (χ0v) is 13.7. The summed E-state index contributed by atoms with van der Waals surface area (Å²) in [5.41, 5.74) is 5.45. The lowest BCUT2D eigenvalue weighted by Crippen LogP contribution is -1.94. The first-order valence-corrected chi connectivity index (χ1v) is 7.80. The van der Waals surface area contributed by atoms with Crippen molar-refractivity contribution in [1.82, 2.24) is 4.57 Å². The Bertz CT molecular complexity index is 916. The first-order valence-electron chi connectivity index (χ1n) is 7.42. The number of rotatable bonds is 5. The molecule has 0 fully saturated rings. The molecule has 0 aliphatic rings. The van der Waals surface area contributed by atoms with Crippen LogP contribution in [-0.2, 0) is 6.54 Å². The molecule has 0 radical (unpaired) electrons. The first kappa shape index (κ1) is 16.0. The van der Waals surface area contributed by atoms with Crippen LogP contribution in [-0.4, -0.2) is 15.7 Å². The quantitative estimate of drug-likeness (QED) is 0.416. The minimum Gasteiger partial charge on any atom is -0.331 e. The van der Waals surface area contributed by atoms with Gasteiger partial charge in [0.1, 0.15) is 5.15 Å². The molecule has 3 rings (SSSR count). The molecule has 0 aliphatic carbocycles. The molecule has 0 saturated carbocycles. The van der Waals surface area contributed by atoms with E-state index < -0.39 is 4.92 Å². The predicted molar refractivity (Wildman–Crippen MR) is 96.9 cm³/mol. The molecule has 122 valence electrons. The van der Waals surface area contributed by atoms with Crippen LogP contribution in [0, 0.1) is 10.1 Å². The minimum absolute atomic E-state index is 0.0404. The van der Waals surface area contributed by atoms with Gasteiger partial charge in [0.05, 0.1) is 16.8 Å². The van der Waals surface area contributed by atoms with E-state index in [4.69, 9.17) is 11.6 Å². The van der Waals surface area contributed by atoms with Crippen LogP contribution < -0.4 is 5.43 Å².